The molecule has 0 atom stereocenters. The molecule has 0 aliphatic carbocycles. The summed E-state index contributed by atoms with van der Waals surface area (Å²) < 4.78 is 0. The van der Waals surface area contributed by atoms with Crippen LogP contribution < -0.4 is 0 Å². The molecule has 5 rings (SSSR count). The zero-order chi connectivity index (χ0) is 20.3. The molecule has 5 aromatic rings. The number of rotatable bonds is 2. The Morgan fingerprint density at radius 2 is 1.03 bits per heavy atom. The molecule has 0 spiro atoms. The van der Waals surface area contributed by atoms with Crippen LogP contribution >= 0.6 is 0 Å². The van der Waals surface area contributed by atoms with Crippen LogP contribution in [0.2, 0.25) is 0 Å². The van der Waals surface area contributed by atoms with Crippen LogP contribution in [0.1, 0.15) is 27.8 Å². The number of nitrogens with one attached hydrogen (secondary N) is 2. The lowest BCUT2D eigenvalue weighted by Crippen LogP contribution is -1.90. The second kappa shape index (κ2) is 6.31. The Balaban J connectivity index is 1.72. The van der Waals surface area contributed by atoms with E-state index in [2.05, 4.69) is 87.1 Å². The van der Waals surface area contributed by atoms with E-state index in [1.165, 1.54) is 27.8 Å². The smallest absolute Gasteiger partial charge is 0.139 e. The Kier molecular flexibility index (Phi) is 3.85. The molecule has 2 N–H and O–H groups in total. The first-order valence-corrected chi connectivity index (χ1v) is 9.94. The molecule has 4 heteroatoms. The Labute approximate surface area is 170 Å². The first kappa shape index (κ1) is 17.7. The van der Waals surface area contributed by atoms with E-state index in [9.17, 15) is 0 Å². The lowest BCUT2D eigenvalue weighted by atomic mass is 10.0. The molecular formula is C25H24N4. The minimum absolute atomic E-state index is 0.868. The Bertz CT molecular complexity index is 1320. The molecule has 0 fully saturated rings. The standard InChI is InChI=1S/C25H24N4/c1-13-6-7-18(24-26-20-9-14(2)15(3)10-21(20)27-24)19(8-13)25-28-22-11-16(4)17(5)12-23(22)29-25/h6-12H,1-5H3,(H,26,27)(H,28,29). The number of hydrogen-bond acceptors (Lipinski definition) is 2. The lowest BCUT2D eigenvalue weighted by molar-refractivity contribution is 1.29. The van der Waals surface area contributed by atoms with E-state index in [1.807, 2.05) is 0 Å². The van der Waals surface area contributed by atoms with Gasteiger partial charge in [0.1, 0.15) is 11.6 Å². The van der Waals surface area contributed by atoms with Crippen LogP contribution in [0.15, 0.2) is 42.5 Å². The first-order valence-electron chi connectivity index (χ1n) is 9.94. The van der Waals surface area contributed by atoms with Crippen LogP contribution in [-0.2, 0) is 0 Å². The van der Waals surface area contributed by atoms with Crippen LogP contribution in [0, 0.1) is 34.6 Å². The van der Waals surface area contributed by atoms with Gasteiger partial charge in [0.2, 0.25) is 0 Å². The summed E-state index contributed by atoms with van der Waals surface area (Å²) in [6, 6.07) is 15.1. The number of hydrogen-bond donors (Lipinski definition) is 2. The highest BCUT2D eigenvalue weighted by atomic mass is 14.9. The van der Waals surface area contributed by atoms with E-state index in [4.69, 9.17) is 9.97 Å². The fourth-order valence-electron chi connectivity index (χ4n) is 3.85. The molecule has 29 heavy (non-hydrogen) atoms. The van der Waals surface area contributed by atoms with Crippen LogP contribution in [-0.4, -0.2) is 19.9 Å². The lowest BCUT2D eigenvalue weighted by Gasteiger charge is -2.06. The van der Waals surface area contributed by atoms with E-state index >= 15 is 0 Å². The summed E-state index contributed by atoms with van der Waals surface area (Å²) in [5.74, 6) is 1.74. The third kappa shape index (κ3) is 2.92. The number of fused-ring (bicyclic) bond motifs is 2. The van der Waals surface area contributed by atoms with E-state index in [0.29, 0.717) is 0 Å². The van der Waals surface area contributed by atoms with Crippen molar-refractivity contribution < 1.29 is 0 Å². The van der Waals surface area contributed by atoms with Gasteiger partial charge in [0, 0.05) is 11.1 Å². The maximum Gasteiger partial charge on any atom is 0.139 e. The van der Waals surface area contributed by atoms with Crippen molar-refractivity contribution >= 4 is 22.1 Å². The number of imidazole rings is 2. The molecule has 0 aliphatic rings. The summed E-state index contributed by atoms with van der Waals surface area (Å²) in [4.78, 5) is 16.8. The molecule has 0 aliphatic heterocycles. The summed E-state index contributed by atoms with van der Waals surface area (Å²) in [6.45, 7) is 10.6. The summed E-state index contributed by atoms with van der Waals surface area (Å²) in [5, 5.41) is 0. The van der Waals surface area contributed by atoms with Crippen LogP contribution in [0.3, 0.4) is 0 Å². The predicted octanol–water partition coefficient (Wildman–Crippen LogP) is 6.32. The molecule has 4 nitrogen and oxygen atoms in total. The topological polar surface area (TPSA) is 57.4 Å². The van der Waals surface area contributed by atoms with E-state index in [0.717, 1.165) is 44.8 Å². The number of H-pyrrole nitrogens is 2. The molecule has 0 bridgehead atoms. The molecule has 2 aromatic heterocycles. The fraction of sp³-hybridized carbons (Fsp3) is 0.200. The van der Waals surface area contributed by atoms with Crippen molar-refractivity contribution in [3.63, 3.8) is 0 Å². The quantitative estimate of drug-likeness (QED) is 0.377. The van der Waals surface area contributed by atoms with Gasteiger partial charge in [0.25, 0.3) is 0 Å². The van der Waals surface area contributed by atoms with E-state index in [-0.39, 0.29) is 0 Å². The highest BCUT2D eigenvalue weighted by Crippen LogP contribution is 2.33. The molecule has 0 radical (unpaired) electrons. The first-order chi connectivity index (χ1) is 13.9. The SMILES string of the molecule is Cc1ccc(-c2nc3cc(C)c(C)cc3[nH]2)c(-c2nc3cc(C)c(C)cc3[nH]2)c1. The number of nitrogens with zero attached hydrogens (tertiary/aromatic N) is 2. The zero-order valence-corrected chi connectivity index (χ0v) is 17.4. The highest BCUT2D eigenvalue weighted by molar-refractivity contribution is 5.88. The van der Waals surface area contributed by atoms with E-state index in [1.54, 1.807) is 0 Å². The van der Waals surface area contributed by atoms with Gasteiger partial charge in [-0.1, -0.05) is 17.7 Å². The Morgan fingerprint density at radius 1 is 0.552 bits per heavy atom. The third-order valence-corrected chi connectivity index (χ3v) is 5.88. The number of aryl methyl sites for hydroxylation is 5. The predicted molar refractivity (Wildman–Crippen MR) is 120 cm³/mol. The van der Waals surface area contributed by atoms with Gasteiger partial charge in [-0.05, 0) is 87.2 Å². The van der Waals surface area contributed by atoms with Gasteiger partial charge in [0.05, 0.1) is 22.1 Å². The van der Waals surface area contributed by atoms with Gasteiger partial charge in [0.15, 0.2) is 0 Å². The molecule has 0 unspecified atom stereocenters. The van der Waals surface area contributed by atoms with Gasteiger partial charge in [-0.2, -0.15) is 0 Å². The second-order valence-electron chi connectivity index (χ2n) is 8.13. The van der Waals surface area contributed by atoms with Crippen molar-refractivity contribution in [3.05, 3.63) is 70.3 Å². The van der Waals surface area contributed by atoms with Crippen molar-refractivity contribution in [3.8, 4) is 22.8 Å². The largest absolute Gasteiger partial charge is 0.338 e. The molecular weight excluding hydrogens is 356 g/mol. The average Bonchev–Trinajstić information content (AvgIpc) is 3.26. The van der Waals surface area contributed by atoms with Crippen LogP contribution in [0.4, 0.5) is 0 Å². The zero-order valence-electron chi connectivity index (χ0n) is 17.4. The number of aromatic nitrogens is 4. The van der Waals surface area contributed by atoms with Crippen LogP contribution in [0.25, 0.3) is 44.8 Å². The van der Waals surface area contributed by atoms with Crippen molar-refractivity contribution in [2.24, 2.45) is 0 Å². The van der Waals surface area contributed by atoms with Gasteiger partial charge < -0.3 is 9.97 Å². The highest BCUT2D eigenvalue weighted by Gasteiger charge is 2.16. The third-order valence-electron chi connectivity index (χ3n) is 5.88. The minimum atomic E-state index is 0.868. The van der Waals surface area contributed by atoms with E-state index < -0.39 is 0 Å². The summed E-state index contributed by atoms with van der Waals surface area (Å²) in [7, 11) is 0. The maximum atomic E-state index is 4.90. The van der Waals surface area contributed by atoms with Crippen LogP contribution in [0.5, 0.6) is 0 Å². The van der Waals surface area contributed by atoms with Crippen molar-refractivity contribution in [1.82, 2.24) is 19.9 Å². The van der Waals surface area contributed by atoms with Gasteiger partial charge in [-0.3, -0.25) is 0 Å². The van der Waals surface area contributed by atoms with Gasteiger partial charge >= 0.3 is 0 Å². The molecule has 3 aromatic carbocycles. The maximum absolute atomic E-state index is 4.90. The molecule has 0 saturated carbocycles. The molecule has 0 amide bonds. The summed E-state index contributed by atoms with van der Waals surface area (Å²) in [6.07, 6.45) is 0. The second-order valence-corrected chi connectivity index (χ2v) is 8.13. The monoisotopic (exact) mass is 380 g/mol. The normalized spacial score (nSPS) is 11.6. The summed E-state index contributed by atoms with van der Waals surface area (Å²) >= 11 is 0. The Hall–Kier alpha value is -3.40. The summed E-state index contributed by atoms with van der Waals surface area (Å²) in [5.41, 5.74) is 12.4. The molecule has 2 heterocycles. The van der Waals surface area contributed by atoms with Crippen molar-refractivity contribution in [2.75, 3.05) is 0 Å². The number of aromatic amines is 2. The van der Waals surface area contributed by atoms with Crippen molar-refractivity contribution in [1.29, 1.82) is 0 Å². The van der Waals surface area contributed by atoms with Crippen molar-refractivity contribution in [2.45, 2.75) is 34.6 Å². The molecule has 144 valence electrons. The fourth-order valence-corrected chi connectivity index (χ4v) is 3.85. The number of benzene rings is 3. The van der Waals surface area contributed by atoms with Gasteiger partial charge in [-0.15, -0.1) is 0 Å². The average molecular weight is 380 g/mol. The van der Waals surface area contributed by atoms with Gasteiger partial charge in [-0.25, -0.2) is 9.97 Å². The molecule has 0 saturated heterocycles. The Morgan fingerprint density at radius 3 is 1.59 bits per heavy atom. The minimum Gasteiger partial charge on any atom is -0.338 e.